The topological polar surface area (TPSA) is 84.2 Å². The molecule has 1 rings (SSSR count). The quantitative estimate of drug-likeness (QED) is 0.703. The lowest BCUT2D eigenvalue weighted by atomic mass is 9.99. The minimum atomic E-state index is -3.51. The fraction of sp³-hybridized carbons (Fsp3) is 0.818. The van der Waals surface area contributed by atoms with Gasteiger partial charge in [0.25, 0.3) is 0 Å². The van der Waals surface area contributed by atoms with Crippen molar-refractivity contribution >= 4 is 15.8 Å². The minimum Gasteiger partial charge on any atom is -0.466 e. The van der Waals surface area contributed by atoms with Crippen LogP contribution in [0.1, 0.15) is 26.7 Å². The van der Waals surface area contributed by atoms with E-state index in [1.807, 2.05) is 6.07 Å². The molecule has 0 N–H and O–H groups in total. The average Bonchev–Trinajstić information content (AvgIpc) is 2.56. The van der Waals surface area contributed by atoms with Crippen LogP contribution in [0.3, 0.4) is 0 Å². The summed E-state index contributed by atoms with van der Waals surface area (Å²) in [5, 5.41) is 9.17. The Kier molecular flexibility index (Phi) is 3.82. The van der Waals surface area contributed by atoms with E-state index in [9.17, 15) is 18.5 Å². The molecule has 0 amide bonds. The fourth-order valence-corrected chi connectivity index (χ4v) is 3.96. The zero-order valence-corrected chi connectivity index (χ0v) is 11.1. The molecule has 0 radical (unpaired) electrons. The summed E-state index contributed by atoms with van der Waals surface area (Å²) in [7, 11) is -3.51. The third-order valence-corrected chi connectivity index (χ3v) is 5.44. The van der Waals surface area contributed by atoms with Gasteiger partial charge in [-0.25, -0.2) is 8.42 Å². The fourth-order valence-electron chi connectivity index (χ4n) is 2.46. The van der Waals surface area contributed by atoms with E-state index in [2.05, 4.69) is 0 Å². The molecule has 0 aromatic heterocycles. The summed E-state index contributed by atoms with van der Waals surface area (Å²) in [5.74, 6) is -1.24. The Morgan fingerprint density at radius 3 is 2.53 bits per heavy atom. The van der Waals surface area contributed by atoms with Crippen LogP contribution in [-0.2, 0) is 19.4 Å². The van der Waals surface area contributed by atoms with Crippen LogP contribution in [0.15, 0.2) is 0 Å². The number of hydrogen-bond acceptors (Lipinski definition) is 5. The van der Waals surface area contributed by atoms with Crippen molar-refractivity contribution in [3.05, 3.63) is 0 Å². The Balaban J connectivity index is 3.01. The van der Waals surface area contributed by atoms with Gasteiger partial charge in [0, 0.05) is 6.26 Å². The van der Waals surface area contributed by atoms with E-state index in [0.29, 0.717) is 6.42 Å². The third-order valence-electron chi connectivity index (χ3n) is 3.45. The van der Waals surface area contributed by atoms with Crippen molar-refractivity contribution in [1.82, 2.24) is 0 Å². The van der Waals surface area contributed by atoms with Gasteiger partial charge in [-0.1, -0.05) is 6.92 Å². The zero-order chi connectivity index (χ0) is 13.3. The highest BCUT2D eigenvalue weighted by atomic mass is 32.2. The highest BCUT2D eigenvalue weighted by Crippen LogP contribution is 2.44. The van der Waals surface area contributed by atoms with Crippen LogP contribution < -0.4 is 0 Å². The summed E-state index contributed by atoms with van der Waals surface area (Å²) in [5.41, 5.74) is 0. The van der Waals surface area contributed by atoms with Gasteiger partial charge in [0.15, 0.2) is 14.6 Å². The van der Waals surface area contributed by atoms with Crippen LogP contribution in [0.4, 0.5) is 0 Å². The average molecular weight is 259 g/mol. The van der Waals surface area contributed by atoms with E-state index in [-0.39, 0.29) is 18.9 Å². The molecule has 0 heterocycles. The highest BCUT2D eigenvalue weighted by molar-refractivity contribution is 7.92. The summed E-state index contributed by atoms with van der Waals surface area (Å²) in [6.45, 7) is 3.66. The molecule has 0 unspecified atom stereocenters. The Hall–Kier alpha value is -1.09. The zero-order valence-electron chi connectivity index (χ0n) is 10.3. The van der Waals surface area contributed by atoms with E-state index in [1.54, 1.807) is 13.8 Å². The Bertz CT molecular complexity index is 451. The maximum Gasteiger partial charge on any atom is 0.309 e. The van der Waals surface area contributed by atoms with Crippen molar-refractivity contribution in [2.75, 3.05) is 12.9 Å². The molecule has 0 bridgehead atoms. The normalized spacial score (nSPS) is 33.1. The second-order valence-corrected chi connectivity index (χ2v) is 6.84. The molecule has 0 aliphatic heterocycles. The number of rotatable bonds is 3. The molecule has 1 saturated carbocycles. The van der Waals surface area contributed by atoms with Crippen LogP contribution in [0.25, 0.3) is 0 Å². The molecule has 5 nitrogen and oxygen atoms in total. The summed E-state index contributed by atoms with van der Waals surface area (Å²) < 4.78 is 26.9. The number of carbonyl (C=O) groups is 1. The lowest BCUT2D eigenvalue weighted by Crippen LogP contribution is -2.39. The molecule has 0 spiro atoms. The molecule has 1 fully saturated rings. The van der Waals surface area contributed by atoms with Gasteiger partial charge in [0.05, 0.1) is 18.6 Å². The van der Waals surface area contributed by atoms with Crippen molar-refractivity contribution in [3.63, 3.8) is 0 Å². The maximum atomic E-state index is 11.7. The first-order chi connectivity index (χ1) is 7.78. The van der Waals surface area contributed by atoms with Gasteiger partial charge in [-0.15, -0.1) is 0 Å². The van der Waals surface area contributed by atoms with Crippen LogP contribution in [0.5, 0.6) is 0 Å². The SMILES string of the molecule is CCOC(=O)[C@H]1C[C@@H](C)[C@@](C#N)(S(C)(=O)=O)C1. The van der Waals surface area contributed by atoms with Crippen molar-refractivity contribution in [2.24, 2.45) is 11.8 Å². The van der Waals surface area contributed by atoms with E-state index in [1.165, 1.54) is 0 Å². The van der Waals surface area contributed by atoms with Gasteiger partial charge >= 0.3 is 5.97 Å². The molecule has 1 aliphatic rings. The van der Waals surface area contributed by atoms with Gasteiger partial charge in [-0.05, 0) is 25.7 Å². The summed E-state index contributed by atoms with van der Waals surface area (Å²) in [6, 6.07) is 1.90. The monoisotopic (exact) mass is 259 g/mol. The van der Waals surface area contributed by atoms with Gasteiger partial charge in [0.2, 0.25) is 0 Å². The molecule has 96 valence electrons. The van der Waals surface area contributed by atoms with E-state index < -0.39 is 26.5 Å². The third kappa shape index (κ3) is 2.29. The van der Waals surface area contributed by atoms with Crippen LogP contribution >= 0.6 is 0 Å². The van der Waals surface area contributed by atoms with E-state index in [0.717, 1.165) is 6.26 Å². The van der Waals surface area contributed by atoms with E-state index in [4.69, 9.17) is 4.74 Å². The van der Waals surface area contributed by atoms with Crippen LogP contribution in [0.2, 0.25) is 0 Å². The van der Waals surface area contributed by atoms with Crippen molar-refractivity contribution < 1.29 is 17.9 Å². The summed E-state index contributed by atoms with van der Waals surface area (Å²) in [6.07, 6.45) is 1.49. The van der Waals surface area contributed by atoms with Gasteiger partial charge in [0.1, 0.15) is 0 Å². The number of nitrogens with zero attached hydrogens (tertiary/aromatic N) is 1. The number of ether oxygens (including phenoxy) is 1. The predicted octanol–water partition coefficient (Wildman–Crippen LogP) is 0.903. The van der Waals surface area contributed by atoms with Crippen molar-refractivity contribution in [3.8, 4) is 6.07 Å². The first-order valence-corrected chi connectivity index (χ1v) is 7.45. The lowest BCUT2D eigenvalue weighted by molar-refractivity contribution is -0.147. The number of nitriles is 1. The predicted molar refractivity (Wildman–Crippen MR) is 61.7 cm³/mol. The molecule has 3 atom stereocenters. The molecule has 1 aliphatic carbocycles. The molecular formula is C11H17NO4S. The number of esters is 1. The molecule has 0 aromatic carbocycles. The largest absolute Gasteiger partial charge is 0.466 e. The van der Waals surface area contributed by atoms with Crippen LogP contribution in [0, 0.1) is 23.2 Å². The number of sulfone groups is 1. The molecule has 0 saturated heterocycles. The second-order valence-electron chi connectivity index (χ2n) is 4.56. The van der Waals surface area contributed by atoms with E-state index >= 15 is 0 Å². The standard InChI is InChI=1S/C11H17NO4S/c1-4-16-10(13)9-5-8(2)11(6-9,7-12)17(3,14)15/h8-9H,4-6H2,1-3H3/t8-,9+,11-/m1/s1. The van der Waals surface area contributed by atoms with Gasteiger partial charge in [-0.2, -0.15) is 5.26 Å². The summed E-state index contributed by atoms with van der Waals surface area (Å²) >= 11 is 0. The molecule has 17 heavy (non-hydrogen) atoms. The van der Waals surface area contributed by atoms with Gasteiger partial charge in [-0.3, -0.25) is 4.79 Å². The number of hydrogen-bond donors (Lipinski definition) is 0. The Morgan fingerprint density at radius 1 is 1.59 bits per heavy atom. The summed E-state index contributed by atoms with van der Waals surface area (Å²) in [4.78, 5) is 11.6. The Labute approximate surface area is 102 Å². The molecule has 6 heteroatoms. The Morgan fingerprint density at radius 2 is 2.18 bits per heavy atom. The maximum absolute atomic E-state index is 11.7. The molecular weight excluding hydrogens is 242 g/mol. The van der Waals surface area contributed by atoms with Crippen molar-refractivity contribution in [2.45, 2.75) is 31.4 Å². The van der Waals surface area contributed by atoms with Crippen molar-refractivity contribution in [1.29, 1.82) is 5.26 Å². The first kappa shape index (κ1) is 14.0. The first-order valence-electron chi connectivity index (χ1n) is 5.56. The minimum absolute atomic E-state index is 0.0440. The molecule has 0 aromatic rings. The van der Waals surface area contributed by atoms with Gasteiger partial charge < -0.3 is 4.74 Å². The lowest BCUT2D eigenvalue weighted by Gasteiger charge is -2.23. The van der Waals surface area contributed by atoms with Crippen LogP contribution in [-0.4, -0.2) is 32.0 Å². The second kappa shape index (κ2) is 4.65. The smallest absolute Gasteiger partial charge is 0.309 e. The number of carbonyl (C=O) groups excluding carboxylic acids is 1. The highest BCUT2D eigenvalue weighted by Gasteiger charge is 2.55.